The number of benzene rings is 2. The van der Waals surface area contributed by atoms with E-state index < -0.39 is 0 Å². The van der Waals surface area contributed by atoms with Crippen LogP contribution in [0.4, 0.5) is 5.95 Å². The summed E-state index contributed by atoms with van der Waals surface area (Å²) in [6.07, 6.45) is 4.86. The second-order valence-electron chi connectivity index (χ2n) is 9.41. The number of carbonyl (C=O) groups is 1. The van der Waals surface area contributed by atoms with Crippen molar-refractivity contribution in [2.24, 2.45) is 11.8 Å². The number of carbonyl (C=O) groups excluding carboxylic acids is 1. The summed E-state index contributed by atoms with van der Waals surface area (Å²) in [5.41, 5.74) is 3.01. The third kappa shape index (κ3) is 6.02. The van der Waals surface area contributed by atoms with Crippen LogP contribution in [-0.2, 0) is 22.4 Å². The first-order valence-corrected chi connectivity index (χ1v) is 13.0. The van der Waals surface area contributed by atoms with Crippen molar-refractivity contribution in [2.45, 2.75) is 26.7 Å². The van der Waals surface area contributed by atoms with Crippen molar-refractivity contribution in [3.05, 3.63) is 90.1 Å². The molecule has 5 rings (SSSR count). The van der Waals surface area contributed by atoms with Crippen LogP contribution in [0, 0.1) is 18.8 Å². The Balaban J connectivity index is 1.17. The fraction of sp³-hybridized carbons (Fsp3) is 0.333. The molecule has 2 aromatic heterocycles. The first-order chi connectivity index (χ1) is 18.6. The largest absolute Gasteiger partial charge is 0.493 e. The molecule has 0 bridgehead atoms. The van der Waals surface area contributed by atoms with E-state index in [4.69, 9.17) is 13.9 Å². The van der Waals surface area contributed by atoms with Crippen LogP contribution in [0.15, 0.2) is 77.5 Å². The van der Waals surface area contributed by atoms with E-state index >= 15 is 0 Å². The molecule has 38 heavy (non-hydrogen) atoms. The molecule has 1 saturated heterocycles. The smallest absolute Gasteiger partial charge is 0.311 e. The molecule has 3 heterocycles. The molecule has 196 valence electrons. The van der Waals surface area contributed by atoms with Gasteiger partial charge in [-0.1, -0.05) is 30.3 Å². The topological polar surface area (TPSA) is 90.6 Å². The summed E-state index contributed by atoms with van der Waals surface area (Å²) in [6.45, 7) is 5.90. The minimum absolute atomic E-state index is 0.110. The Morgan fingerprint density at radius 2 is 1.79 bits per heavy atom. The van der Waals surface area contributed by atoms with Gasteiger partial charge in [0.1, 0.15) is 11.5 Å². The van der Waals surface area contributed by atoms with E-state index in [1.165, 1.54) is 0 Å². The molecule has 0 unspecified atom stereocenters. The Bertz CT molecular complexity index is 1330. The number of rotatable bonds is 10. The lowest BCUT2D eigenvalue weighted by atomic mass is 9.90. The summed E-state index contributed by atoms with van der Waals surface area (Å²) in [6, 6.07) is 19.8. The number of hydrogen-bond donors (Lipinski definition) is 0. The van der Waals surface area contributed by atoms with Crippen LogP contribution in [0.5, 0.6) is 5.75 Å². The second-order valence-corrected chi connectivity index (χ2v) is 9.41. The summed E-state index contributed by atoms with van der Waals surface area (Å²) < 4.78 is 17.2. The minimum atomic E-state index is -0.221. The number of aromatic nitrogens is 3. The highest BCUT2D eigenvalue weighted by Crippen LogP contribution is 2.30. The Morgan fingerprint density at radius 1 is 1.03 bits per heavy atom. The lowest BCUT2D eigenvalue weighted by molar-refractivity contribution is -0.148. The van der Waals surface area contributed by atoms with Gasteiger partial charge in [-0.2, -0.15) is 0 Å². The van der Waals surface area contributed by atoms with Crippen molar-refractivity contribution < 1.29 is 18.7 Å². The molecular weight excluding hydrogens is 480 g/mol. The summed E-state index contributed by atoms with van der Waals surface area (Å²) in [7, 11) is 0. The number of ether oxygens (including phenoxy) is 2. The Labute approximate surface area is 222 Å². The van der Waals surface area contributed by atoms with Gasteiger partial charge in [-0.25, -0.2) is 15.0 Å². The van der Waals surface area contributed by atoms with Gasteiger partial charge < -0.3 is 18.8 Å². The van der Waals surface area contributed by atoms with Gasteiger partial charge in [0.15, 0.2) is 0 Å². The average molecular weight is 513 g/mol. The first kappa shape index (κ1) is 25.4. The monoisotopic (exact) mass is 512 g/mol. The Hall–Kier alpha value is -4.20. The zero-order valence-corrected chi connectivity index (χ0v) is 21.7. The van der Waals surface area contributed by atoms with E-state index in [0.29, 0.717) is 44.6 Å². The van der Waals surface area contributed by atoms with Crippen LogP contribution in [0.25, 0.3) is 11.5 Å². The van der Waals surface area contributed by atoms with Crippen molar-refractivity contribution >= 4 is 11.9 Å². The molecule has 0 radical (unpaired) electrons. The molecule has 1 fully saturated rings. The highest BCUT2D eigenvalue weighted by molar-refractivity contribution is 5.74. The number of anilines is 1. The molecule has 0 N–H and O–H groups in total. The van der Waals surface area contributed by atoms with Crippen molar-refractivity contribution in [1.82, 2.24) is 15.0 Å². The zero-order chi connectivity index (χ0) is 26.3. The molecule has 1 aliphatic rings. The lowest BCUT2D eigenvalue weighted by Crippen LogP contribution is -2.27. The van der Waals surface area contributed by atoms with E-state index in [2.05, 4.69) is 32.0 Å². The average Bonchev–Trinajstić information content (AvgIpc) is 3.54. The molecule has 4 aromatic rings. The fourth-order valence-electron chi connectivity index (χ4n) is 4.87. The molecule has 2 atom stereocenters. The maximum atomic E-state index is 12.7. The van der Waals surface area contributed by atoms with Crippen LogP contribution >= 0.6 is 0 Å². The molecule has 0 spiro atoms. The predicted octanol–water partition coefficient (Wildman–Crippen LogP) is 4.92. The van der Waals surface area contributed by atoms with Crippen molar-refractivity contribution in [3.8, 4) is 17.2 Å². The van der Waals surface area contributed by atoms with Crippen LogP contribution in [0.2, 0.25) is 0 Å². The minimum Gasteiger partial charge on any atom is -0.493 e. The molecule has 0 aliphatic carbocycles. The van der Waals surface area contributed by atoms with Gasteiger partial charge >= 0.3 is 5.97 Å². The van der Waals surface area contributed by atoms with Gasteiger partial charge in [-0.15, -0.1) is 0 Å². The summed E-state index contributed by atoms with van der Waals surface area (Å²) in [5, 5.41) is 0. The fourth-order valence-corrected chi connectivity index (χ4v) is 4.87. The van der Waals surface area contributed by atoms with E-state index in [1.54, 1.807) is 18.5 Å². The van der Waals surface area contributed by atoms with Crippen LogP contribution in [0.3, 0.4) is 0 Å². The van der Waals surface area contributed by atoms with Gasteiger partial charge in [0, 0.05) is 37.5 Å². The molecular formula is C30H32N4O4. The maximum Gasteiger partial charge on any atom is 0.311 e. The third-order valence-corrected chi connectivity index (χ3v) is 6.81. The predicted molar refractivity (Wildman–Crippen MR) is 144 cm³/mol. The molecule has 0 saturated carbocycles. The van der Waals surface area contributed by atoms with Crippen molar-refractivity contribution in [2.75, 3.05) is 31.2 Å². The highest BCUT2D eigenvalue weighted by atomic mass is 16.5. The molecule has 1 aliphatic heterocycles. The molecule has 8 nitrogen and oxygen atoms in total. The molecule has 2 aromatic carbocycles. The van der Waals surface area contributed by atoms with E-state index in [-0.39, 0.29) is 17.8 Å². The maximum absolute atomic E-state index is 12.7. The van der Waals surface area contributed by atoms with Gasteiger partial charge in [0.05, 0.1) is 24.8 Å². The number of oxazole rings is 1. The number of esters is 1. The number of nitrogens with zero attached hydrogens (tertiary/aromatic N) is 4. The lowest BCUT2D eigenvalue weighted by Gasteiger charge is -2.17. The van der Waals surface area contributed by atoms with Crippen molar-refractivity contribution in [1.29, 1.82) is 0 Å². The molecule has 8 heteroatoms. The normalized spacial score (nSPS) is 16.9. The van der Waals surface area contributed by atoms with E-state index in [0.717, 1.165) is 34.8 Å². The number of aryl methyl sites for hydroxylation is 1. The molecule has 0 amide bonds. The van der Waals surface area contributed by atoms with Crippen LogP contribution in [0.1, 0.15) is 23.9 Å². The zero-order valence-electron chi connectivity index (χ0n) is 21.7. The third-order valence-electron chi connectivity index (χ3n) is 6.81. The standard InChI is InChI=1S/C30H32N4O4/c1-3-36-29(35)26-20-34(30-31-15-7-16-32-30)19-24(26)18-22-10-12-25(13-11-22)37-17-14-27-21(2)38-28(33-27)23-8-5-4-6-9-23/h4-13,15-16,24,26H,3,14,17-20H2,1-2H3/t24-,26+/m1/s1. The Kier molecular flexibility index (Phi) is 7.97. The first-order valence-electron chi connectivity index (χ1n) is 13.0. The van der Waals surface area contributed by atoms with E-state index in [1.807, 2.05) is 56.3 Å². The summed E-state index contributed by atoms with van der Waals surface area (Å²) >= 11 is 0. The Morgan fingerprint density at radius 3 is 2.53 bits per heavy atom. The van der Waals surface area contributed by atoms with E-state index in [9.17, 15) is 4.79 Å². The highest BCUT2D eigenvalue weighted by Gasteiger charge is 2.39. The van der Waals surface area contributed by atoms with Gasteiger partial charge in [0.25, 0.3) is 0 Å². The SMILES string of the molecule is CCOC(=O)[C@H]1CN(c2ncccn2)C[C@H]1Cc1ccc(OCCc2nc(-c3ccccc3)oc2C)cc1. The van der Waals surface area contributed by atoms with Crippen molar-refractivity contribution in [3.63, 3.8) is 0 Å². The summed E-state index contributed by atoms with van der Waals surface area (Å²) in [5.74, 6) is 2.62. The van der Waals surface area contributed by atoms with Crippen LogP contribution < -0.4 is 9.64 Å². The number of hydrogen-bond acceptors (Lipinski definition) is 8. The van der Waals surface area contributed by atoms with Gasteiger partial charge in [0.2, 0.25) is 11.8 Å². The van der Waals surface area contributed by atoms with Crippen LogP contribution in [-0.4, -0.2) is 47.2 Å². The second kappa shape index (κ2) is 11.9. The summed E-state index contributed by atoms with van der Waals surface area (Å²) in [4.78, 5) is 28.1. The van der Waals surface area contributed by atoms with Gasteiger partial charge in [-0.3, -0.25) is 4.79 Å². The quantitative estimate of drug-likeness (QED) is 0.277. The van der Waals surface area contributed by atoms with Gasteiger partial charge in [-0.05, 0) is 62.1 Å².